The molecule has 0 amide bonds. The van der Waals surface area contributed by atoms with E-state index < -0.39 is 0 Å². The molecular formula is C14H26N2OS. The highest BCUT2D eigenvalue weighted by molar-refractivity contribution is 7.15. The fourth-order valence-corrected chi connectivity index (χ4v) is 3.18. The summed E-state index contributed by atoms with van der Waals surface area (Å²) in [4.78, 5) is 8.13. The number of nitrogens with zero attached hydrogens (tertiary/aromatic N) is 2. The van der Waals surface area contributed by atoms with Crippen LogP contribution in [-0.4, -0.2) is 22.7 Å². The smallest absolute Gasteiger partial charge is 0.186 e. The van der Waals surface area contributed by atoms with Crippen LogP contribution in [0.5, 0.6) is 0 Å². The van der Waals surface area contributed by atoms with Crippen LogP contribution in [0.3, 0.4) is 0 Å². The molecule has 1 aromatic rings. The maximum Gasteiger partial charge on any atom is 0.186 e. The molecule has 1 N–H and O–H groups in total. The molecule has 0 spiro atoms. The van der Waals surface area contributed by atoms with E-state index in [1.807, 2.05) is 0 Å². The number of anilines is 1. The lowest BCUT2D eigenvalue weighted by atomic mass is 10.0. The highest BCUT2D eigenvalue weighted by atomic mass is 32.1. The minimum Gasteiger partial charge on any atom is -0.391 e. The van der Waals surface area contributed by atoms with Crippen molar-refractivity contribution < 1.29 is 5.11 Å². The normalized spacial score (nSPS) is 13.1. The lowest BCUT2D eigenvalue weighted by molar-refractivity contribution is 0.283. The summed E-state index contributed by atoms with van der Waals surface area (Å²) >= 11 is 1.64. The lowest BCUT2D eigenvalue weighted by Crippen LogP contribution is -2.31. The summed E-state index contributed by atoms with van der Waals surface area (Å²) in [5.74, 6) is 0.424. The molecule has 1 heterocycles. The van der Waals surface area contributed by atoms with Crippen LogP contribution < -0.4 is 4.90 Å². The molecule has 0 radical (unpaired) electrons. The summed E-state index contributed by atoms with van der Waals surface area (Å²) in [6, 6.07) is 0.451. The summed E-state index contributed by atoms with van der Waals surface area (Å²) in [5.41, 5.74) is 1.08. The minimum atomic E-state index is 0.107. The fraction of sp³-hybridized carbons (Fsp3) is 0.786. The van der Waals surface area contributed by atoms with Crippen LogP contribution in [0.2, 0.25) is 0 Å². The zero-order valence-corrected chi connectivity index (χ0v) is 13.0. The second kappa shape index (κ2) is 7.10. The molecule has 0 saturated heterocycles. The third kappa shape index (κ3) is 3.45. The van der Waals surface area contributed by atoms with Crippen LogP contribution in [0.1, 0.15) is 63.9 Å². The van der Waals surface area contributed by atoms with Gasteiger partial charge in [-0.25, -0.2) is 4.98 Å². The molecule has 0 aliphatic rings. The highest BCUT2D eigenvalue weighted by Gasteiger charge is 2.20. The Hall–Kier alpha value is -0.610. The predicted molar refractivity (Wildman–Crippen MR) is 79.5 cm³/mol. The van der Waals surface area contributed by atoms with Crippen LogP contribution >= 0.6 is 11.3 Å². The topological polar surface area (TPSA) is 36.4 Å². The predicted octanol–water partition coefficient (Wildman–Crippen LogP) is 3.77. The van der Waals surface area contributed by atoms with Crippen LogP contribution in [0.25, 0.3) is 0 Å². The summed E-state index contributed by atoms with van der Waals surface area (Å²) < 4.78 is 0. The first-order valence-corrected chi connectivity index (χ1v) is 7.73. The Labute approximate surface area is 115 Å². The van der Waals surface area contributed by atoms with E-state index >= 15 is 0 Å². The van der Waals surface area contributed by atoms with Crippen molar-refractivity contribution in [3.63, 3.8) is 0 Å². The molecule has 1 aromatic heterocycles. The van der Waals surface area contributed by atoms with Gasteiger partial charge in [0.25, 0.3) is 0 Å². The van der Waals surface area contributed by atoms with E-state index in [1.54, 1.807) is 11.3 Å². The van der Waals surface area contributed by atoms with Crippen molar-refractivity contribution in [1.29, 1.82) is 0 Å². The molecule has 0 bridgehead atoms. The highest BCUT2D eigenvalue weighted by Crippen LogP contribution is 2.33. The van der Waals surface area contributed by atoms with Crippen molar-refractivity contribution in [2.45, 2.75) is 66.0 Å². The maximum absolute atomic E-state index is 9.48. The summed E-state index contributed by atoms with van der Waals surface area (Å²) in [5, 5.41) is 10.5. The van der Waals surface area contributed by atoms with Gasteiger partial charge >= 0.3 is 0 Å². The Morgan fingerprint density at radius 1 is 1.28 bits per heavy atom. The molecule has 4 heteroatoms. The standard InChI is InChI=1S/C14H26N2OS/c1-6-8-16(10(3)4)14-15-13(11(5)7-2)12(9-17)18-14/h10-11,17H,6-9H2,1-5H3. The fourth-order valence-electron chi connectivity index (χ4n) is 1.98. The van der Waals surface area contributed by atoms with E-state index in [-0.39, 0.29) is 6.61 Å². The number of hydrogen-bond acceptors (Lipinski definition) is 4. The molecular weight excluding hydrogens is 244 g/mol. The van der Waals surface area contributed by atoms with Gasteiger partial charge in [0, 0.05) is 12.6 Å². The van der Waals surface area contributed by atoms with Crippen LogP contribution in [0, 0.1) is 0 Å². The first-order valence-electron chi connectivity index (χ1n) is 6.92. The van der Waals surface area contributed by atoms with E-state index in [2.05, 4.69) is 39.5 Å². The Bertz CT molecular complexity index is 363. The number of aliphatic hydroxyl groups excluding tert-OH is 1. The van der Waals surface area contributed by atoms with Crippen LogP contribution in [0.15, 0.2) is 0 Å². The Balaban J connectivity index is 3.05. The lowest BCUT2D eigenvalue weighted by Gasteiger charge is -2.25. The molecule has 1 unspecified atom stereocenters. The quantitative estimate of drug-likeness (QED) is 0.819. The van der Waals surface area contributed by atoms with Gasteiger partial charge in [-0.05, 0) is 32.6 Å². The van der Waals surface area contributed by atoms with Gasteiger partial charge < -0.3 is 10.0 Å². The van der Waals surface area contributed by atoms with Gasteiger partial charge in [0.1, 0.15) is 0 Å². The Morgan fingerprint density at radius 3 is 2.39 bits per heavy atom. The molecule has 0 saturated carbocycles. The van der Waals surface area contributed by atoms with E-state index in [0.717, 1.165) is 35.1 Å². The molecule has 104 valence electrons. The van der Waals surface area contributed by atoms with Crippen LogP contribution in [0.4, 0.5) is 5.13 Å². The number of aliphatic hydroxyl groups is 1. The SMILES string of the molecule is CCCN(c1nc(C(C)CC)c(CO)s1)C(C)C. The first-order chi connectivity index (χ1) is 8.54. The molecule has 1 rings (SSSR count). The van der Waals surface area contributed by atoms with Crippen molar-refractivity contribution in [2.24, 2.45) is 0 Å². The van der Waals surface area contributed by atoms with Crippen LogP contribution in [-0.2, 0) is 6.61 Å². The van der Waals surface area contributed by atoms with Gasteiger partial charge in [0.2, 0.25) is 0 Å². The first kappa shape index (κ1) is 15.4. The van der Waals surface area contributed by atoms with Gasteiger partial charge in [-0.2, -0.15) is 0 Å². The van der Waals surface area contributed by atoms with Crippen molar-refractivity contribution in [1.82, 2.24) is 4.98 Å². The van der Waals surface area contributed by atoms with Gasteiger partial charge in [-0.3, -0.25) is 0 Å². The summed E-state index contributed by atoms with van der Waals surface area (Å²) in [6.07, 6.45) is 2.18. The molecule has 18 heavy (non-hydrogen) atoms. The summed E-state index contributed by atoms with van der Waals surface area (Å²) in [6.45, 7) is 12.0. The second-order valence-electron chi connectivity index (χ2n) is 5.06. The minimum absolute atomic E-state index is 0.107. The number of rotatable bonds is 7. The number of hydrogen-bond donors (Lipinski definition) is 1. The van der Waals surface area contributed by atoms with Gasteiger partial charge in [-0.15, -0.1) is 0 Å². The second-order valence-corrected chi connectivity index (χ2v) is 6.12. The van der Waals surface area contributed by atoms with Crippen molar-refractivity contribution >= 4 is 16.5 Å². The number of aromatic nitrogens is 1. The largest absolute Gasteiger partial charge is 0.391 e. The summed E-state index contributed by atoms with van der Waals surface area (Å²) in [7, 11) is 0. The monoisotopic (exact) mass is 270 g/mol. The molecule has 0 fully saturated rings. The van der Waals surface area contributed by atoms with Gasteiger partial charge in [0.15, 0.2) is 5.13 Å². The van der Waals surface area contributed by atoms with Crippen molar-refractivity contribution in [3.8, 4) is 0 Å². The van der Waals surface area contributed by atoms with E-state index in [9.17, 15) is 5.11 Å². The van der Waals surface area contributed by atoms with Gasteiger partial charge in [0.05, 0.1) is 17.2 Å². The third-order valence-corrected chi connectivity index (χ3v) is 4.37. The van der Waals surface area contributed by atoms with E-state index in [1.165, 1.54) is 0 Å². The van der Waals surface area contributed by atoms with E-state index in [0.29, 0.717) is 12.0 Å². The van der Waals surface area contributed by atoms with Gasteiger partial charge in [-0.1, -0.05) is 32.1 Å². The Morgan fingerprint density at radius 2 is 1.94 bits per heavy atom. The Kier molecular flexibility index (Phi) is 6.09. The molecule has 0 aliphatic carbocycles. The van der Waals surface area contributed by atoms with Crippen molar-refractivity contribution in [3.05, 3.63) is 10.6 Å². The molecule has 0 aliphatic heterocycles. The zero-order chi connectivity index (χ0) is 13.7. The number of thiazole rings is 1. The maximum atomic E-state index is 9.48. The zero-order valence-electron chi connectivity index (χ0n) is 12.2. The van der Waals surface area contributed by atoms with Crippen molar-refractivity contribution in [2.75, 3.05) is 11.4 Å². The van der Waals surface area contributed by atoms with E-state index in [4.69, 9.17) is 4.98 Å². The average Bonchev–Trinajstić information content (AvgIpc) is 2.78. The third-order valence-electron chi connectivity index (χ3n) is 3.27. The average molecular weight is 270 g/mol. The molecule has 3 nitrogen and oxygen atoms in total. The molecule has 0 aromatic carbocycles. The molecule has 1 atom stereocenters.